The summed E-state index contributed by atoms with van der Waals surface area (Å²) in [6.45, 7) is 0.836. The van der Waals surface area contributed by atoms with Crippen molar-refractivity contribution in [1.82, 2.24) is 19.9 Å². The number of carbonyl (C=O) groups excluding carboxylic acids is 1. The number of rotatable bonds is 5. The number of nitrogen functional groups attached to an aromatic ring is 1. The third-order valence-electron chi connectivity index (χ3n) is 5.37. The Balaban J connectivity index is 1.60. The normalized spacial score (nSPS) is 11.2. The molecule has 7 heteroatoms. The molecule has 0 bridgehead atoms. The van der Waals surface area contributed by atoms with Gasteiger partial charge in [0, 0.05) is 11.6 Å². The van der Waals surface area contributed by atoms with E-state index in [1.165, 1.54) is 0 Å². The lowest BCUT2D eigenvalue weighted by atomic mass is 10.2. The Morgan fingerprint density at radius 3 is 2.25 bits per heavy atom. The van der Waals surface area contributed by atoms with Crippen molar-refractivity contribution in [3.05, 3.63) is 101 Å². The number of halogens is 1. The van der Waals surface area contributed by atoms with Crippen LogP contribution in [0.3, 0.4) is 0 Å². The lowest BCUT2D eigenvalue weighted by Gasteiger charge is -2.09. The van der Waals surface area contributed by atoms with Gasteiger partial charge in [-0.15, -0.1) is 0 Å². The molecule has 0 aliphatic carbocycles. The van der Waals surface area contributed by atoms with Gasteiger partial charge in [0.15, 0.2) is 5.65 Å². The third-order valence-corrected chi connectivity index (χ3v) is 5.62. The highest BCUT2D eigenvalue weighted by Gasteiger charge is 2.24. The molecule has 2 heterocycles. The fraction of sp³-hybridized carbons (Fsp3) is 0.0800. The van der Waals surface area contributed by atoms with E-state index in [4.69, 9.17) is 27.3 Å². The highest BCUT2D eigenvalue weighted by molar-refractivity contribution is 6.30. The number of anilines is 1. The zero-order valence-electron chi connectivity index (χ0n) is 17.1. The lowest BCUT2D eigenvalue weighted by Crippen LogP contribution is -2.24. The fourth-order valence-corrected chi connectivity index (χ4v) is 3.87. The van der Waals surface area contributed by atoms with E-state index in [1.807, 2.05) is 83.4 Å². The van der Waals surface area contributed by atoms with Crippen molar-refractivity contribution >= 4 is 45.5 Å². The molecule has 2 aromatic heterocycles. The predicted octanol–water partition coefficient (Wildman–Crippen LogP) is 4.80. The molecular formula is C25H20ClN5O. The first-order valence-corrected chi connectivity index (χ1v) is 10.6. The standard InChI is InChI=1S/C25H20ClN5O/c26-18-12-10-17(11-13-18)15-31-23(27)21(25(32)28-14-16-6-2-1-3-7-16)22-24(31)30-20-9-5-4-8-19(20)29-22/h1-13H,14-15,27H2,(H,28,32). The molecule has 0 atom stereocenters. The largest absolute Gasteiger partial charge is 0.384 e. The number of hydrogen-bond acceptors (Lipinski definition) is 4. The topological polar surface area (TPSA) is 85.8 Å². The molecule has 0 spiro atoms. The van der Waals surface area contributed by atoms with E-state index >= 15 is 0 Å². The highest BCUT2D eigenvalue weighted by atomic mass is 35.5. The summed E-state index contributed by atoms with van der Waals surface area (Å²) in [5.74, 6) is 0.0478. The minimum absolute atomic E-state index is 0.282. The molecule has 3 aromatic carbocycles. The smallest absolute Gasteiger partial charge is 0.257 e. The van der Waals surface area contributed by atoms with Gasteiger partial charge in [0.1, 0.15) is 16.9 Å². The van der Waals surface area contributed by atoms with Crippen LogP contribution in [-0.2, 0) is 13.1 Å². The maximum atomic E-state index is 13.2. The van der Waals surface area contributed by atoms with Gasteiger partial charge in [-0.1, -0.05) is 66.2 Å². The van der Waals surface area contributed by atoms with Crippen LogP contribution in [0.4, 0.5) is 5.82 Å². The molecule has 6 nitrogen and oxygen atoms in total. The number of amides is 1. The van der Waals surface area contributed by atoms with Crippen molar-refractivity contribution in [2.45, 2.75) is 13.1 Å². The van der Waals surface area contributed by atoms with Crippen molar-refractivity contribution in [3.63, 3.8) is 0 Å². The summed E-state index contributed by atoms with van der Waals surface area (Å²) in [6, 6.07) is 24.8. The number of nitrogens with two attached hydrogens (primary N) is 1. The van der Waals surface area contributed by atoms with Crippen molar-refractivity contribution in [2.24, 2.45) is 0 Å². The van der Waals surface area contributed by atoms with Gasteiger partial charge in [0.25, 0.3) is 5.91 Å². The zero-order valence-corrected chi connectivity index (χ0v) is 17.9. The van der Waals surface area contributed by atoms with E-state index in [0.29, 0.717) is 46.2 Å². The van der Waals surface area contributed by atoms with Crippen molar-refractivity contribution in [1.29, 1.82) is 0 Å². The lowest BCUT2D eigenvalue weighted by molar-refractivity contribution is 0.0953. The third kappa shape index (κ3) is 3.76. The average Bonchev–Trinajstić information content (AvgIpc) is 3.08. The van der Waals surface area contributed by atoms with Crippen LogP contribution < -0.4 is 11.1 Å². The van der Waals surface area contributed by atoms with E-state index in [0.717, 1.165) is 16.6 Å². The molecule has 0 saturated carbocycles. The molecular weight excluding hydrogens is 422 g/mol. The Kier molecular flexibility index (Phi) is 5.21. The molecule has 0 aliphatic heterocycles. The van der Waals surface area contributed by atoms with Crippen LogP contribution in [0, 0.1) is 0 Å². The Bertz CT molecular complexity index is 1430. The first kappa shape index (κ1) is 20.0. The van der Waals surface area contributed by atoms with Crippen molar-refractivity contribution in [3.8, 4) is 0 Å². The van der Waals surface area contributed by atoms with E-state index < -0.39 is 0 Å². The van der Waals surface area contributed by atoms with Gasteiger partial charge in [-0.3, -0.25) is 4.79 Å². The monoisotopic (exact) mass is 441 g/mol. The van der Waals surface area contributed by atoms with Crippen LogP contribution in [0.25, 0.3) is 22.2 Å². The van der Waals surface area contributed by atoms with E-state index in [2.05, 4.69) is 5.32 Å². The molecule has 0 fully saturated rings. The van der Waals surface area contributed by atoms with E-state index in [-0.39, 0.29) is 5.91 Å². The highest BCUT2D eigenvalue weighted by Crippen LogP contribution is 2.29. The van der Waals surface area contributed by atoms with Gasteiger partial charge < -0.3 is 15.6 Å². The maximum absolute atomic E-state index is 13.2. The summed E-state index contributed by atoms with van der Waals surface area (Å²) < 4.78 is 1.83. The molecule has 158 valence electrons. The van der Waals surface area contributed by atoms with E-state index in [9.17, 15) is 4.79 Å². The number of aromatic nitrogens is 3. The Hall–Kier alpha value is -3.90. The summed E-state index contributed by atoms with van der Waals surface area (Å²) in [5.41, 5.74) is 11.4. The number of para-hydroxylation sites is 2. The Morgan fingerprint density at radius 1 is 0.875 bits per heavy atom. The zero-order chi connectivity index (χ0) is 22.1. The van der Waals surface area contributed by atoms with Crippen LogP contribution in [0.5, 0.6) is 0 Å². The molecule has 5 aromatic rings. The molecule has 5 rings (SSSR count). The van der Waals surface area contributed by atoms with Gasteiger partial charge in [-0.25, -0.2) is 9.97 Å². The summed E-state index contributed by atoms with van der Waals surface area (Å²) in [7, 11) is 0. The molecule has 0 aliphatic rings. The Labute approximate surface area is 189 Å². The fourth-order valence-electron chi connectivity index (χ4n) is 3.74. The summed E-state index contributed by atoms with van der Waals surface area (Å²) >= 11 is 6.03. The second-order valence-corrected chi connectivity index (χ2v) is 7.96. The minimum atomic E-state index is -0.282. The summed E-state index contributed by atoms with van der Waals surface area (Å²) in [5, 5.41) is 3.62. The van der Waals surface area contributed by atoms with Crippen molar-refractivity contribution in [2.75, 3.05) is 5.73 Å². The summed E-state index contributed by atoms with van der Waals surface area (Å²) in [4.78, 5) is 22.7. The molecule has 3 N–H and O–H groups in total. The van der Waals surface area contributed by atoms with Crippen LogP contribution in [0.15, 0.2) is 78.9 Å². The van der Waals surface area contributed by atoms with E-state index in [1.54, 1.807) is 0 Å². The van der Waals surface area contributed by atoms with Crippen LogP contribution in [0.2, 0.25) is 5.02 Å². The number of nitrogens with one attached hydrogen (secondary N) is 1. The van der Waals surface area contributed by atoms with Crippen LogP contribution >= 0.6 is 11.6 Å². The average molecular weight is 442 g/mol. The van der Waals surface area contributed by atoms with Crippen molar-refractivity contribution < 1.29 is 4.79 Å². The van der Waals surface area contributed by atoms with Gasteiger partial charge in [-0.05, 0) is 35.4 Å². The van der Waals surface area contributed by atoms with Gasteiger partial charge in [0.2, 0.25) is 0 Å². The molecule has 32 heavy (non-hydrogen) atoms. The first-order chi connectivity index (χ1) is 15.6. The number of hydrogen-bond donors (Lipinski definition) is 2. The SMILES string of the molecule is Nc1c(C(=O)NCc2ccccc2)c2nc3ccccc3nc2n1Cc1ccc(Cl)cc1. The van der Waals surface area contributed by atoms with Gasteiger partial charge in [0.05, 0.1) is 17.6 Å². The number of benzene rings is 3. The molecule has 0 radical (unpaired) electrons. The molecule has 0 saturated heterocycles. The molecule has 0 unspecified atom stereocenters. The second-order valence-electron chi connectivity index (χ2n) is 7.53. The predicted molar refractivity (Wildman–Crippen MR) is 128 cm³/mol. The Morgan fingerprint density at radius 2 is 1.53 bits per heavy atom. The quantitative estimate of drug-likeness (QED) is 0.410. The second kappa shape index (κ2) is 8.32. The van der Waals surface area contributed by atoms with Crippen LogP contribution in [0.1, 0.15) is 21.5 Å². The maximum Gasteiger partial charge on any atom is 0.257 e. The number of carbonyl (C=O) groups is 1. The summed E-state index contributed by atoms with van der Waals surface area (Å²) in [6.07, 6.45) is 0. The molecule has 1 amide bonds. The minimum Gasteiger partial charge on any atom is -0.384 e. The van der Waals surface area contributed by atoms with Gasteiger partial charge in [-0.2, -0.15) is 0 Å². The van der Waals surface area contributed by atoms with Crippen LogP contribution in [-0.4, -0.2) is 20.4 Å². The number of nitrogens with zero attached hydrogens (tertiary/aromatic N) is 3. The van der Waals surface area contributed by atoms with Gasteiger partial charge >= 0.3 is 0 Å². The number of fused-ring (bicyclic) bond motifs is 2. The first-order valence-electron chi connectivity index (χ1n) is 10.2.